The molecule has 0 heterocycles. The Morgan fingerprint density at radius 1 is 0.595 bits per heavy atom. The third-order valence-electron chi connectivity index (χ3n) is 4.10. The fourth-order valence-corrected chi connectivity index (χ4v) is 21.4. The maximum absolute atomic E-state index is 11.6. The molecule has 0 aromatic heterocycles. The van der Waals surface area contributed by atoms with Crippen molar-refractivity contribution in [3.63, 3.8) is 0 Å². The second-order valence-corrected chi connectivity index (χ2v) is 28.0. The normalized spacial score (nSPS) is 17.0. The quantitative estimate of drug-likeness (QED) is 0.197. The fraction of sp³-hybridized carbons (Fsp3) is 0.625. The summed E-state index contributed by atoms with van der Waals surface area (Å²) in [6, 6.07) is 0. The molecule has 21 heteroatoms. The van der Waals surface area contributed by atoms with Crippen LogP contribution in [0.3, 0.4) is 0 Å². The monoisotopic (exact) mass is 662 g/mol. The van der Waals surface area contributed by atoms with Crippen molar-refractivity contribution in [3.8, 4) is 11.0 Å². The predicted molar refractivity (Wildman–Crippen MR) is 149 cm³/mol. The van der Waals surface area contributed by atoms with E-state index in [1.807, 2.05) is 13.1 Å². The second-order valence-electron chi connectivity index (χ2n) is 7.90. The van der Waals surface area contributed by atoms with Crippen molar-refractivity contribution in [2.24, 2.45) is 0 Å². The first-order valence-electron chi connectivity index (χ1n) is 10.6. The lowest BCUT2D eigenvalue weighted by atomic mass is 11.0. The summed E-state index contributed by atoms with van der Waals surface area (Å²) in [6.45, 7) is 18.0. The van der Waals surface area contributed by atoms with E-state index in [2.05, 4.69) is 24.2 Å². The molecule has 37 heavy (non-hydrogen) atoms. The van der Waals surface area contributed by atoms with Gasteiger partial charge in [-0.1, -0.05) is 11.4 Å². The highest BCUT2D eigenvalue weighted by molar-refractivity contribution is 6.88. The van der Waals surface area contributed by atoms with Gasteiger partial charge in [0.25, 0.3) is 0 Å². The molecule has 0 rings (SSSR count). The van der Waals surface area contributed by atoms with Crippen LogP contribution < -0.4 is 0 Å². The highest BCUT2D eigenvalue weighted by Gasteiger charge is 2.69. The molecule has 0 saturated carbocycles. The van der Waals surface area contributed by atoms with Gasteiger partial charge in [-0.15, -0.1) is 24.2 Å². The van der Waals surface area contributed by atoms with E-state index in [4.69, 9.17) is 46.5 Å². The van der Waals surface area contributed by atoms with Crippen molar-refractivity contribution in [2.75, 3.05) is 28.4 Å². The van der Waals surface area contributed by atoms with Crippen LogP contribution in [0.5, 0.6) is 0 Å². The van der Waals surface area contributed by atoms with Crippen LogP contribution in [0.4, 0.5) is 0 Å². The molecular formula is C16H38O13Si8. The summed E-state index contributed by atoms with van der Waals surface area (Å²) in [5, 5.41) is 0. The van der Waals surface area contributed by atoms with E-state index in [0.717, 1.165) is 7.11 Å². The van der Waals surface area contributed by atoms with Gasteiger partial charge in [0.15, 0.2) is 0 Å². The predicted octanol–water partition coefficient (Wildman–Crippen LogP) is 0.472. The Bertz CT molecular complexity index is 883. The molecule has 212 valence electrons. The van der Waals surface area contributed by atoms with E-state index < -0.39 is 62.0 Å². The molecule has 13 nitrogen and oxygen atoms in total. The highest BCUT2D eigenvalue weighted by Crippen LogP contribution is 2.29. The van der Waals surface area contributed by atoms with Gasteiger partial charge in [0.1, 0.15) is 0 Å². The van der Waals surface area contributed by atoms with Crippen molar-refractivity contribution in [3.05, 3.63) is 24.6 Å². The summed E-state index contributed by atoms with van der Waals surface area (Å²) < 4.78 is 62.7. The Hall–Kier alpha value is -0.0649. The first-order valence-corrected chi connectivity index (χ1v) is 25.0. The Morgan fingerprint density at radius 2 is 0.946 bits per heavy atom. The average Bonchev–Trinajstić information content (AvgIpc) is 2.85. The smallest absolute Gasteiger partial charge is 0.496 e. The van der Waals surface area contributed by atoms with Crippen LogP contribution in [0.2, 0.25) is 26.2 Å². The molecule has 0 bridgehead atoms. The molecule has 0 aromatic rings. The summed E-state index contributed by atoms with van der Waals surface area (Å²) in [5.41, 5.74) is 8.84. The minimum Gasteiger partial charge on any atom is -0.496 e. The van der Waals surface area contributed by atoms with Gasteiger partial charge in [-0.3, -0.25) is 0 Å². The molecule has 0 saturated heterocycles. The minimum atomic E-state index is -4.86. The Kier molecular flexibility index (Phi) is 15.6. The van der Waals surface area contributed by atoms with Crippen LogP contribution in [-0.4, -0.2) is 109 Å². The summed E-state index contributed by atoms with van der Waals surface area (Å²) in [4.78, 5) is 22.4. The van der Waals surface area contributed by atoms with Crippen molar-refractivity contribution >= 4 is 71.2 Å². The van der Waals surface area contributed by atoms with Gasteiger partial charge in [-0.05, 0) is 40.0 Å². The molecule has 0 amide bonds. The van der Waals surface area contributed by atoms with Crippen LogP contribution >= 0.6 is 0 Å². The molecule has 0 aliphatic heterocycles. The maximum atomic E-state index is 11.6. The molecule has 0 aliphatic carbocycles. The van der Waals surface area contributed by atoms with Gasteiger partial charge < -0.3 is 56.1 Å². The molecule has 2 N–H and O–H groups in total. The second kappa shape index (κ2) is 15.7. The number of rotatable bonds is 18. The van der Waals surface area contributed by atoms with Crippen LogP contribution in [0, 0.1) is 11.0 Å². The lowest BCUT2D eigenvalue weighted by Gasteiger charge is -2.39. The highest BCUT2D eigenvalue weighted by atomic mass is 28.6. The van der Waals surface area contributed by atoms with Crippen molar-refractivity contribution in [1.82, 2.24) is 0 Å². The number of hydrogen-bond donors (Lipinski definition) is 2. The van der Waals surface area contributed by atoms with Crippen LogP contribution in [-0.2, 0) is 46.5 Å². The van der Waals surface area contributed by atoms with E-state index in [-0.39, 0.29) is 9.20 Å². The standard InChI is InChI=1S/C16H38O13Si8/c1-13-30-23-36(22-8,25-32(9,10)15-3)28-35(18,21-7)29-37(24-31-14-2,26-33(11,12)16-4)27-34(17,19-5)20-6/h15-18H,3-4H2,1-2,5-12H3/t35-,36?,37?/m0/s1. The lowest BCUT2D eigenvalue weighted by Crippen LogP contribution is -2.70. The fourth-order valence-electron chi connectivity index (χ4n) is 2.01. The van der Waals surface area contributed by atoms with Gasteiger partial charge in [-0.2, -0.15) is 0 Å². The Labute approximate surface area is 230 Å². The third kappa shape index (κ3) is 12.3. The van der Waals surface area contributed by atoms with Crippen molar-refractivity contribution in [1.29, 1.82) is 0 Å². The Morgan fingerprint density at radius 3 is 1.30 bits per heavy atom. The Balaban J connectivity index is 6.90. The molecule has 0 aliphatic rings. The maximum Gasteiger partial charge on any atom is 0.727 e. The van der Waals surface area contributed by atoms with Gasteiger partial charge in [0.05, 0.1) is 0 Å². The van der Waals surface area contributed by atoms with E-state index in [1.54, 1.807) is 38.3 Å². The molecule has 0 fully saturated rings. The molecule has 2 unspecified atom stereocenters. The SMILES string of the molecule is C=C[Si](C)(C)O[Si](OC)(O[Si]#CC)O[Si@](O)(OC)O[Si](O[Si]#CC)(O[Si](C)(C)C=C)O[Si](O)(OC)OC. The first-order chi connectivity index (χ1) is 17.0. The lowest BCUT2D eigenvalue weighted by molar-refractivity contribution is -0.0170. The number of hydrogen-bond acceptors (Lipinski definition) is 13. The zero-order chi connectivity index (χ0) is 29.0. The summed E-state index contributed by atoms with van der Waals surface area (Å²) in [5.74, 6) is 0. The van der Waals surface area contributed by atoms with Crippen LogP contribution in [0.25, 0.3) is 0 Å². The zero-order valence-electron chi connectivity index (χ0n) is 23.0. The van der Waals surface area contributed by atoms with E-state index in [0.29, 0.717) is 0 Å². The molecule has 0 spiro atoms. The summed E-state index contributed by atoms with van der Waals surface area (Å²) in [6.07, 6.45) is 0. The van der Waals surface area contributed by atoms with Gasteiger partial charge in [0, 0.05) is 28.4 Å². The van der Waals surface area contributed by atoms with E-state index in [9.17, 15) is 9.59 Å². The van der Waals surface area contributed by atoms with Gasteiger partial charge in [0.2, 0.25) is 35.0 Å². The molecule has 3 atom stereocenters. The summed E-state index contributed by atoms with van der Waals surface area (Å²) in [7, 11) is -19.4. The largest absolute Gasteiger partial charge is 0.727 e. The molecular weight excluding hydrogens is 625 g/mol. The third-order valence-corrected chi connectivity index (χ3v) is 23.6. The average molecular weight is 663 g/mol. The zero-order valence-corrected chi connectivity index (χ0v) is 31.0. The van der Waals surface area contributed by atoms with E-state index in [1.165, 1.54) is 21.3 Å². The van der Waals surface area contributed by atoms with Crippen LogP contribution in [0.1, 0.15) is 13.8 Å². The van der Waals surface area contributed by atoms with Gasteiger partial charge >= 0.3 is 36.2 Å². The van der Waals surface area contributed by atoms with Crippen molar-refractivity contribution < 1.29 is 56.1 Å². The minimum absolute atomic E-state index is 0.328. The van der Waals surface area contributed by atoms with Crippen molar-refractivity contribution in [2.45, 2.75) is 40.0 Å². The van der Waals surface area contributed by atoms with E-state index >= 15 is 0 Å². The van der Waals surface area contributed by atoms with Crippen LogP contribution in [0.15, 0.2) is 24.6 Å². The summed E-state index contributed by atoms with van der Waals surface area (Å²) >= 11 is 0. The first kappa shape index (κ1) is 36.9. The molecule has 0 aromatic carbocycles. The topological polar surface area (TPSA) is 142 Å². The molecule has 0 radical (unpaired) electrons. The van der Waals surface area contributed by atoms with Gasteiger partial charge in [-0.25, -0.2) is 0 Å².